The third kappa shape index (κ3) is 14.1. The lowest BCUT2D eigenvalue weighted by atomic mass is 9.85. The van der Waals surface area contributed by atoms with E-state index < -0.39 is 0 Å². The summed E-state index contributed by atoms with van der Waals surface area (Å²) in [5.41, 5.74) is 45.3. The van der Waals surface area contributed by atoms with Gasteiger partial charge in [-0.25, -0.2) is 4.98 Å². The summed E-state index contributed by atoms with van der Waals surface area (Å²) in [4.78, 5) is 23.9. The number of aryl methyl sites for hydroxylation is 14. The minimum Gasteiger partial charge on any atom is -0.254 e. The van der Waals surface area contributed by atoms with Crippen LogP contribution in [0, 0.1) is 69.2 Å². The van der Waals surface area contributed by atoms with Crippen LogP contribution in [0.2, 0.25) is 0 Å². The van der Waals surface area contributed by atoms with Crippen LogP contribution >= 0.6 is 0 Å². The van der Waals surface area contributed by atoms with Gasteiger partial charge in [-0.15, -0.1) is 36.8 Å². The second kappa shape index (κ2) is 34.5. The minimum absolute atomic E-state index is 0.448. The molecule has 666 valence electrons. The summed E-state index contributed by atoms with van der Waals surface area (Å²) < 4.78 is 22.6. The van der Waals surface area contributed by atoms with Crippen LogP contribution in [0.15, 0.2) is 323 Å². The first-order valence-electron chi connectivity index (χ1n) is 47.2. The van der Waals surface area contributed by atoms with Gasteiger partial charge in [-0.3, -0.25) is 19.9 Å². The number of hydrogen-bond acceptors (Lipinski definition) is 5. The lowest BCUT2D eigenvalue weighted by molar-refractivity contribution is -0.735. The molecule has 0 N–H and O–H groups in total. The van der Waals surface area contributed by atoms with Crippen LogP contribution in [0.4, 0.5) is 0 Å². The number of fused-ring (bicyclic) bond motifs is 30. The Labute approximate surface area is 791 Å². The van der Waals surface area contributed by atoms with E-state index in [1.54, 1.807) is 0 Å². The molecule has 15 heterocycles. The molecule has 0 fully saturated rings. The highest BCUT2D eigenvalue weighted by Gasteiger charge is 2.33. The van der Waals surface area contributed by atoms with Gasteiger partial charge in [0.2, 0.25) is 24.1 Å². The van der Waals surface area contributed by atoms with E-state index in [9.17, 15) is 0 Å². The number of pyridine rings is 10. The number of nitrogens with zero attached hydrogens (tertiary/aromatic N) is 15. The van der Waals surface area contributed by atoms with Gasteiger partial charge in [0.05, 0.1) is 34.8 Å². The average Bonchev–Trinajstić information content (AvgIpc) is 1.55. The van der Waals surface area contributed by atoms with Gasteiger partial charge in [-0.05, 0) is 195 Å². The molecule has 0 aliphatic carbocycles. The highest BCUT2D eigenvalue weighted by Crippen LogP contribution is 2.47. The van der Waals surface area contributed by atoms with Crippen molar-refractivity contribution < 1.29 is 23.2 Å². The fourth-order valence-corrected chi connectivity index (χ4v) is 21.8. The summed E-state index contributed by atoms with van der Waals surface area (Å²) in [6, 6.07) is 97.2. The molecule has 0 saturated carbocycles. The Morgan fingerprint density at radius 3 is 1.08 bits per heavy atom. The van der Waals surface area contributed by atoms with Gasteiger partial charge >= 0.3 is 0 Å². The minimum atomic E-state index is 0.448. The van der Waals surface area contributed by atoms with E-state index in [4.69, 9.17) is 19.9 Å². The van der Waals surface area contributed by atoms with Crippen LogP contribution in [0.3, 0.4) is 0 Å². The zero-order chi connectivity index (χ0) is 94.1. The lowest BCUT2D eigenvalue weighted by Gasteiger charge is -2.18. The second-order valence-corrected chi connectivity index (χ2v) is 37.5. The monoisotopic (exact) mass is 1770 g/mol. The fraction of sp³-hybridized carbons (Fsp3) is 0.174. The van der Waals surface area contributed by atoms with Gasteiger partial charge < -0.3 is 0 Å². The molecule has 15 heteroatoms. The predicted molar refractivity (Wildman–Crippen MR) is 560 cm³/mol. The molecule has 136 heavy (non-hydrogen) atoms. The zero-order valence-corrected chi connectivity index (χ0v) is 81.0. The van der Waals surface area contributed by atoms with Gasteiger partial charge in [-0.1, -0.05) is 263 Å². The molecule has 0 aliphatic rings. The number of hydrogen-bond donors (Lipinski definition) is 0. The fourth-order valence-electron chi connectivity index (χ4n) is 21.8. The first-order chi connectivity index (χ1) is 66.0. The predicted octanol–water partition coefficient (Wildman–Crippen LogP) is 26.0. The van der Waals surface area contributed by atoms with Crippen molar-refractivity contribution in [3.8, 4) is 55.6 Å². The van der Waals surface area contributed by atoms with Crippen LogP contribution in [0.25, 0.3) is 192 Å². The molecule has 0 bridgehead atoms. The summed E-state index contributed by atoms with van der Waals surface area (Å²) in [6.45, 7) is 30.8. The molecule has 0 radical (unpaired) electrons. The van der Waals surface area contributed by atoms with E-state index in [1.165, 1.54) is 220 Å². The molecule has 10 aromatic carbocycles. The summed E-state index contributed by atoms with van der Waals surface area (Å²) in [7, 11) is 10.6. The number of benzene rings is 10. The molecule has 0 saturated heterocycles. The Hall–Kier alpha value is -16.0. The van der Waals surface area contributed by atoms with Gasteiger partial charge in [0.1, 0.15) is 71.7 Å². The van der Waals surface area contributed by atoms with Crippen molar-refractivity contribution in [3.63, 3.8) is 0 Å². The Morgan fingerprint density at radius 1 is 0.272 bits per heavy atom. The van der Waals surface area contributed by atoms with E-state index in [1.807, 2.05) is 24.8 Å². The molecule has 0 unspecified atom stereocenters. The third-order valence-corrected chi connectivity index (χ3v) is 28.2. The van der Waals surface area contributed by atoms with Gasteiger partial charge in [-0.2, -0.15) is 4.68 Å². The molecule has 15 nitrogen and oxygen atoms in total. The van der Waals surface area contributed by atoms with Crippen molar-refractivity contribution in [2.45, 2.75) is 109 Å². The molecule has 0 spiro atoms. The Balaban J connectivity index is 0.000000103. The molecule has 0 atom stereocenters. The Morgan fingerprint density at radius 2 is 0.632 bits per heavy atom. The van der Waals surface area contributed by atoms with Crippen molar-refractivity contribution in [1.82, 2.24) is 47.7 Å². The van der Waals surface area contributed by atoms with Crippen LogP contribution < -0.4 is 23.2 Å². The smallest absolute Gasteiger partial charge is 0.254 e. The van der Waals surface area contributed by atoms with Gasteiger partial charge in [0.15, 0.2) is 34.4 Å². The topological polar surface area (TPSA) is 107 Å². The summed E-state index contributed by atoms with van der Waals surface area (Å²) in [6.07, 6.45) is 16.6. The highest BCUT2D eigenvalue weighted by molar-refractivity contribution is 6.19. The highest BCUT2D eigenvalue weighted by atomic mass is 15.4. The Bertz CT molecular complexity index is 9070. The lowest BCUT2D eigenvalue weighted by Crippen LogP contribution is -2.34. The van der Waals surface area contributed by atoms with Crippen molar-refractivity contribution in [2.75, 3.05) is 0 Å². The maximum absolute atomic E-state index is 4.84. The molecule has 25 rings (SSSR count). The largest absolute Gasteiger partial charge is 0.265 e. The van der Waals surface area contributed by atoms with Crippen molar-refractivity contribution in [1.29, 1.82) is 0 Å². The van der Waals surface area contributed by atoms with Crippen LogP contribution in [0.5, 0.6) is 0 Å². The summed E-state index contributed by atoms with van der Waals surface area (Å²) in [5.74, 6) is 0.896. The quantitative estimate of drug-likeness (QED) is 0.117. The molecule has 0 aliphatic heterocycles. The average molecular weight is 1780 g/mol. The molecule has 15 aromatic heterocycles. The van der Waals surface area contributed by atoms with E-state index in [0.717, 1.165) is 38.8 Å². The summed E-state index contributed by atoms with van der Waals surface area (Å²) in [5, 5.41) is 12.2. The summed E-state index contributed by atoms with van der Waals surface area (Å²) >= 11 is 0. The Kier molecular flexibility index (Phi) is 22.0. The van der Waals surface area contributed by atoms with Crippen molar-refractivity contribution in [2.24, 2.45) is 35.2 Å². The van der Waals surface area contributed by atoms with Crippen LogP contribution in [-0.2, 0) is 35.2 Å². The van der Waals surface area contributed by atoms with Crippen molar-refractivity contribution in [3.05, 3.63) is 390 Å². The van der Waals surface area contributed by atoms with Gasteiger partial charge in [0.25, 0.3) is 5.52 Å². The van der Waals surface area contributed by atoms with E-state index in [0.29, 0.717) is 11.8 Å². The van der Waals surface area contributed by atoms with Gasteiger partial charge in [0, 0.05) is 102 Å². The van der Waals surface area contributed by atoms with E-state index in [-0.39, 0.29) is 0 Å². The van der Waals surface area contributed by atoms with E-state index in [2.05, 4.69) is 481 Å². The standard InChI is InChI=1S/C34H26N3.C28H30N3.C24H22N3.C18H18N3.C17H16N3/c1-23-20-21-35-32-28-16-9-10-17-29(28)34-30(22-36(2)37(34)33(23)32)31-26(24-12-5-3-6-13-24)18-11-19-27(31)25-14-7-4-8-15-25;1-17(2)20-12-9-13-21(18(3)4)25(20)24-16-30(6)31-27-19(5)14-15-29-26(27)22-10-7-8-11-23(22)28(24)31;1-15-8-7-9-16(2)21(15)20-14-26(4)27-23-17(3)12-13-25-22(23)18-10-5-6-11-19(18)24(20)27;1-11-9-10-19-16-14-7-5-6-8-15(14)18-12(2)13(3)20(4)21(18)17(11)16;1-11-10-12(2)18-16-14-7-5-4-6-13(14)15-8-9-19(3)20(15)17(11)16/h3-22H,1-2H3;7-18H,1-6H3;5-14H,1-4H3;5-10H,1-4H3;4-10H,1-3H3/q5*+1. The van der Waals surface area contributed by atoms with Crippen LogP contribution in [0.1, 0.15) is 107 Å². The molecular weight excluding hydrogens is 1660 g/mol. The normalized spacial score (nSPS) is 11.8. The number of rotatable bonds is 7. The SMILES string of the molecule is Cc1c(C)n(C)[n+]2c1c1ccccc1c1nccc(C)c12.Cc1cc(C)c2c(n1)c1ccccc1c1cc[n+](C)n12.Cc1cccc(C)c1-c1c[n+](C)n2c1c1ccccc1c1nccc(C)c12.Cc1ccnc2c3ccccc3c3c(-c4c(-c5ccccc5)cccc4-c4ccccc4)c[n+](C)n3c12.Cc1ccnc2c3ccccc3c3c(-c4c(C(C)C)cccc4C(C)C)c[n+](C)n3c12. The third-order valence-electron chi connectivity index (χ3n) is 28.2. The van der Waals surface area contributed by atoms with Crippen molar-refractivity contribution >= 4 is 137 Å². The van der Waals surface area contributed by atoms with E-state index >= 15 is 0 Å². The maximum Gasteiger partial charge on any atom is 0.265 e. The molecular formula is C121H112N15+5. The first kappa shape index (κ1) is 86.7. The molecule has 0 amide bonds. The maximum atomic E-state index is 4.84. The zero-order valence-electron chi connectivity index (χ0n) is 81.0. The first-order valence-corrected chi connectivity index (χ1v) is 47.2. The van der Waals surface area contributed by atoms with Crippen LogP contribution in [-0.4, -0.2) is 47.7 Å². The number of aromatic nitrogens is 15. The molecule has 25 aromatic rings. The second-order valence-electron chi connectivity index (χ2n) is 37.5.